The average molecular weight is 293 g/mol. The van der Waals surface area contributed by atoms with E-state index in [-0.39, 0.29) is 23.7 Å². The first kappa shape index (κ1) is 14.8. The van der Waals surface area contributed by atoms with E-state index in [0.29, 0.717) is 5.56 Å². The van der Waals surface area contributed by atoms with E-state index in [9.17, 15) is 18.7 Å². The molecule has 110 valence electrons. The number of amides is 1. The summed E-state index contributed by atoms with van der Waals surface area (Å²) < 4.78 is 31.0. The minimum Gasteiger partial charge on any atom is -0.502 e. The zero-order valence-corrected chi connectivity index (χ0v) is 11.2. The third-order valence-electron chi connectivity index (χ3n) is 2.81. The molecule has 0 radical (unpaired) electrons. The number of phenols is 1. The quantitative estimate of drug-likeness (QED) is 0.852. The number of halogens is 2. The molecule has 2 aromatic rings. The number of methoxy groups -OCH3 is 1. The fourth-order valence-electron chi connectivity index (χ4n) is 1.79. The van der Waals surface area contributed by atoms with Gasteiger partial charge in [-0.05, 0) is 17.7 Å². The fourth-order valence-corrected chi connectivity index (χ4v) is 1.79. The Labute approximate surface area is 120 Å². The molecule has 0 aliphatic carbocycles. The van der Waals surface area contributed by atoms with Gasteiger partial charge in [0.2, 0.25) is 5.91 Å². The van der Waals surface area contributed by atoms with Gasteiger partial charge in [-0.25, -0.2) is 8.78 Å². The normalized spacial score (nSPS) is 10.2. The highest BCUT2D eigenvalue weighted by Gasteiger charge is 2.12. The topological polar surface area (TPSA) is 58.6 Å². The number of aromatic hydroxyl groups is 1. The van der Waals surface area contributed by atoms with Crippen molar-refractivity contribution in [1.29, 1.82) is 0 Å². The molecule has 0 unspecified atom stereocenters. The summed E-state index contributed by atoms with van der Waals surface area (Å²) in [6.07, 6.45) is 0.0189. The predicted molar refractivity (Wildman–Crippen MR) is 73.4 cm³/mol. The Hall–Kier alpha value is -2.63. The van der Waals surface area contributed by atoms with Crippen LogP contribution in [-0.4, -0.2) is 18.1 Å². The van der Waals surface area contributed by atoms with Gasteiger partial charge in [0, 0.05) is 17.8 Å². The highest BCUT2D eigenvalue weighted by Crippen LogP contribution is 2.32. The summed E-state index contributed by atoms with van der Waals surface area (Å²) in [7, 11) is 1.28. The molecule has 6 heteroatoms. The third kappa shape index (κ3) is 3.68. The van der Waals surface area contributed by atoms with Crippen LogP contribution < -0.4 is 10.1 Å². The molecule has 21 heavy (non-hydrogen) atoms. The first-order valence-electron chi connectivity index (χ1n) is 6.10. The molecular weight excluding hydrogens is 280 g/mol. The van der Waals surface area contributed by atoms with Crippen molar-refractivity contribution in [3.63, 3.8) is 0 Å². The first-order valence-corrected chi connectivity index (χ1v) is 6.10. The number of benzene rings is 2. The second kappa shape index (κ2) is 6.21. The Morgan fingerprint density at radius 3 is 2.52 bits per heavy atom. The van der Waals surface area contributed by atoms with Gasteiger partial charge in [-0.1, -0.05) is 12.1 Å². The summed E-state index contributed by atoms with van der Waals surface area (Å²) in [6.45, 7) is 0. The molecule has 0 fully saturated rings. The molecule has 0 aliphatic rings. The van der Waals surface area contributed by atoms with Crippen molar-refractivity contribution in [2.45, 2.75) is 6.42 Å². The number of hydrogen-bond donors (Lipinski definition) is 2. The number of carbonyl (C=O) groups excluding carboxylic acids is 1. The lowest BCUT2D eigenvalue weighted by Crippen LogP contribution is -2.14. The van der Waals surface area contributed by atoms with Crippen molar-refractivity contribution in [2.24, 2.45) is 0 Å². The molecule has 0 aromatic heterocycles. The molecule has 0 atom stereocenters. The van der Waals surface area contributed by atoms with Gasteiger partial charge in [-0.15, -0.1) is 0 Å². The minimum atomic E-state index is -0.897. The van der Waals surface area contributed by atoms with Crippen LogP contribution >= 0.6 is 0 Å². The number of rotatable bonds is 4. The number of carbonyl (C=O) groups is 1. The van der Waals surface area contributed by atoms with Crippen LogP contribution in [-0.2, 0) is 11.2 Å². The van der Waals surface area contributed by atoms with E-state index in [1.165, 1.54) is 37.4 Å². The van der Waals surface area contributed by atoms with E-state index in [0.717, 1.165) is 6.07 Å². The Bertz CT molecular complexity index is 657. The standard InChI is InChI=1S/C15H13F2NO3/c1-21-13-8-11(7-12(17)15(13)20)18-14(19)6-9-2-4-10(16)5-3-9/h2-5,7-8,20H,6H2,1H3,(H,18,19). The molecule has 0 aliphatic heterocycles. The highest BCUT2D eigenvalue weighted by atomic mass is 19.1. The van der Waals surface area contributed by atoms with Crippen molar-refractivity contribution < 1.29 is 23.4 Å². The fraction of sp³-hybridized carbons (Fsp3) is 0.133. The van der Waals surface area contributed by atoms with Gasteiger partial charge in [0.15, 0.2) is 17.3 Å². The number of nitrogens with one attached hydrogen (secondary N) is 1. The summed E-state index contributed by atoms with van der Waals surface area (Å²) in [4.78, 5) is 11.8. The van der Waals surface area contributed by atoms with Gasteiger partial charge in [0.25, 0.3) is 0 Å². The second-order valence-electron chi connectivity index (χ2n) is 4.36. The first-order chi connectivity index (χ1) is 9.99. The summed E-state index contributed by atoms with van der Waals surface area (Å²) in [5, 5.41) is 11.9. The largest absolute Gasteiger partial charge is 0.502 e. The molecule has 2 rings (SSSR count). The summed E-state index contributed by atoms with van der Waals surface area (Å²) >= 11 is 0. The molecule has 2 N–H and O–H groups in total. The van der Waals surface area contributed by atoms with Crippen LogP contribution in [0.1, 0.15) is 5.56 Å². The maximum atomic E-state index is 13.4. The maximum absolute atomic E-state index is 13.4. The smallest absolute Gasteiger partial charge is 0.228 e. The molecule has 0 heterocycles. The van der Waals surface area contributed by atoms with E-state index < -0.39 is 17.5 Å². The zero-order chi connectivity index (χ0) is 15.4. The van der Waals surface area contributed by atoms with E-state index >= 15 is 0 Å². The molecule has 4 nitrogen and oxygen atoms in total. The van der Waals surface area contributed by atoms with Crippen LogP contribution in [0.4, 0.5) is 14.5 Å². The van der Waals surface area contributed by atoms with E-state index in [4.69, 9.17) is 4.74 Å². The van der Waals surface area contributed by atoms with Gasteiger partial charge in [-0.2, -0.15) is 0 Å². The number of anilines is 1. The number of ether oxygens (including phenoxy) is 1. The summed E-state index contributed by atoms with van der Waals surface area (Å²) in [5.74, 6) is -2.37. The van der Waals surface area contributed by atoms with E-state index in [2.05, 4.69) is 5.32 Å². The lowest BCUT2D eigenvalue weighted by Gasteiger charge is -2.09. The van der Waals surface area contributed by atoms with Crippen LogP contribution in [0, 0.1) is 11.6 Å². The second-order valence-corrected chi connectivity index (χ2v) is 4.36. The summed E-state index contributed by atoms with van der Waals surface area (Å²) in [5.41, 5.74) is 0.786. The molecule has 2 aromatic carbocycles. The molecule has 0 saturated carbocycles. The van der Waals surface area contributed by atoms with Crippen molar-refractivity contribution in [3.8, 4) is 11.5 Å². The van der Waals surface area contributed by atoms with Gasteiger partial charge < -0.3 is 15.2 Å². The Balaban J connectivity index is 2.09. The van der Waals surface area contributed by atoms with E-state index in [1.54, 1.807) is 0 Å². The Morgan fingerprint density at radius 1 is 1.24 bits per heavy atom. The van der Waals surface area contributed by atoms with Crippen LogP contribution in [0.3, 0.4) is 0 Å². The van der Waals surface area contributed by atoms with Gasteiger partial charge >= 0.3 is 0 Å². The van der Waals surface area contributed by atoms with Gasteiger partial charge in [0.05, 0.1) is 13.5 Å². The Morgan fingerprint density at radius 2 is 1.90 bits per heavy atom. The van der Waals surface area contributed by atoms with Gasteiger partial charge in [-0.3, -0.25) is 4.79 Å². The molecule has 0 bridgehead atoms. The highest BCUT2D eigenvalue weighted by molar-refractivity contribution is 5.92. The molecule has 0 spiro atoms. The minimum absolute atomic E-state index is 0.0189. The molecule has 0 saturated heterocycles. The van der Waals surface area contributed by atoms with Crippen LogP contribution in [0.25, 0.3) is 0 Å². The molecular formula is C15H13F2NO3. The van der Waals surface area contributed by atoms with Crippen LogP contribution in [0.5, 0.6) is 11.5 Å². The van der Waals surface area contributed by atoms with Crippen molar-refractivity contribution in [1.82, 2.24) is 0 Å². The molecule has 1 amide bonds. The summed E-state index contributed by atoms with van der Waals surface area (Å²) in [6, 6.07) is 7.79. The number of phenolic OH excluding ortho intramolecular Hbond substituents is 1. The average Bonchev–Trinajstić information content (AvgIpc) is 2.45. The zero-order valence-electron chi connectivity index (χ0n) is 11.2. The predicted octanol–water partition coefficient (Wildman–Crippen LogP) is 2.86. The van der Waals surface area contributed by atoms with Gasteiger partial charge in [0.1, 0.15) is 5.82 Å². The van der Waals surface area contributed by atoms with Crippen molar-refractivity contribution in [3.05, 3.63) is 53.6 Å². The van der Waals surface area contributed by atoms with Crippen LogP contribution in [0.2, 0.25) is 0 Å². The lowest BCUT2D eigenvalue weighted by atomic mass is 10.1. The monoisotopic (exact) mass is 293 g/mol. The SMILES string of the molecule is COc1cc(NC(=O)Cc2ccc(F)cc2)cc(F)c1O. The van der Waals surface area contributed by atoms with E-state index in [1.807, 2.05) is 0 Å². The lowest BCUT2D eigenvalue weighted by molar-refractivity contribution is -0.115. The van der Waals surface area contributed by atoms with Crippen molar-refractivity contribution in [2.75, 3.05) is 12.4 Å². The van der Waals surface area contributed by atoms with Crippen LogP contribution in [0.15, 0.2) is 36.4 Å². The van der Waals surface area contributed by atoms with Crippen molar-refractivity contribution >= 4 is 11.6 Å². The third-order valence-corrected chi connectivity index (χ3v) is 2.81. The number of hydrogen-bond acceptors (Lipinski definition) is 3. The Kier molecular flexibility index (Phi) is 4.37. The maximum Gasteiger partial charge on any atom is 0.228 e.